The molecule has 0 aliphatic carbocycles. The van der Waals surface area contributed by atoms with Gasteiger partial charge in [0, 0.05) is 17.3 Å². The smallest absolute Gasteiger partial charge is 0.270 e. The van der Waals surface area contributed by atoms with Crippen molar-refractivity contribution < 1.29 is 13.5 Å². The van der Waals surface area contributed by atoms with Gasteiger partial charge in [0.15, 0.2) is 0 Å². The number of rotatable bonds is 2. The Balaban J connectivity index is 2.49. The van der Waals surface area contributed by atoms with Crippen LogP contribution >= 0.6 is 0 Å². The van der Waals surface area contributed by atoms with E-state index in [9.17, 15) is 8.78 Å². The molecule has 0 spiro atoms. The highest BCUT2D eigenvalue weighted by Crippen LogP contribution is 2.30. The maximum atomic E-state index is 12.4. The molecule has 0 radical (unpaired) electrons. The quantitative estimate of drug-likeness (QED) is 0.801. The highest BCUT2D eigenvalue weighted by molar-refractivity contribution is 5.80. The van der Waals surface area contributed by atoms with Gasteiger partial charge < -0.3 is 10.5 Å². The van der Waals surface area contributed by atoms with Gasteiger partial charge in [0.05, 0.1) is 13.2 Å². The van der Waals surface area contributed by atoms with Crippen molar-refractivity contribution in [2.75, 3.05) is 18.9 Å². The van der Waals surface area contributed by atoms with Crippen LogP contribution in [0.15, 0.2) is 30.4 Å². The van der Waals surface area contributed by atoms with E-state index in [1.807, 2.05) is 12.1 Å². The number of halogens is 2. The molecule has 1 heterocycles. The summed E-state index contributed by atoms with van der Waals surface area (Å²) < 4.78 is 30.0. The molecule has 2 nitrogen and oxygen atoms in total. The Morgan fingerprint density at radius 1 is 1.35 bits per heavy atom. The lowest BCUT2D eigenvalue weighted by molar-refractivity contribution is 0.161. The molecule has 0 saturated heterocycles. The minimum Gasteiger partial charge on any atom is -0.398 e. The Labute approximate surface area is 98.4 Å². The van der Waals surface area contributed by atoms with Gasteiger partial charge in [0.1, 0.15) is 0 Å². The van der Waals surface area contributed by atoms with Crippen molar-refractivity contribution >= 4 is 17.3 Å². The fraction of sp³-hybridized carbons (Fsp3) is 0.231. The van der Waals surface area contributed by atoms with Crippen molar-refractivity contribution in [3.8, 4) is 0 Å². The monoisotopic (exact) mass is 237 g/mol. The zero-order valence-electron chi connectivity index (χ0n) is 9.25. The third-order valence-electron chi connectivity index (χ3n) is 2.70. The summed E-state index contributed by atoms with van der Waals surface area (Å²) in [6.45, 7) is 1.13. The topological polar surface area (TPSA) is 35.2 Å². The van der Waals surface area contributed by atoms with Gasteiger partial charge in [0.2, 0.25) is 0 Å². The average Bonchev–Trinajstić information content (AvgIpc) is 2.32. The van der Waals surface area contributed by atoms with Gasteiger partial charge in [0.25, 0.3) is 6.08 Å². The highest BCUT2D eigenvalue weighted by Gasteiger charge is 2.12. The number of hydrogen-bond donors (Lipinski definition) is 1. The number of benzene rings is 1. The summed E-state index contributed by atoms with van der Waals surface area (Å²) in [6, 6.07) is 5.20. The first-order valence-corrected chi connectivity index (χ1v) is 5.37. The van der Waals surface area contributed by atoms with Crippen molar-refractivity contribution in [3.63, 3.8) is 0 Å². The third kappa shape index (κ3) is 2.71. The largest absolute Gasteiger partial charge is 0.398 e. The van der Waals surface area contributed by atoms with Crippen molar-refractivity contribution in [1.82, 2.24) is 0 Å². The Morgan fingerprint density at radius 2 is 2.18 bits per heavy atom. The summed E-state index contributed by atoms with van der Waals surface area (Å²) in [5.74, 6) is 0. The summed E-state index contributed by atoms with van der Waals surface area (Å²) in [6.07, 6.45) is 1.71. The molecule has 17 heavy (non-hydrogen) atoms. The van der Waals surface area contributed by atoms with Crippen LogP contribution in [0.3, 0.4) is 0 Å². The number of ether oxygens (including phenoxy) is 1. The van der Waals surface area contributed by atoms with E-state index in [0.29, 0.717) is 24.5 Å². The van der Waals surface area contributed by atoms with Gasteiger partial charge in [-0.1, -0.05) is 18.2 Å². The number of nitrogen functional groups attached to an aromatic ring is 1. The van der Waals surface area contributed by atoms with E-state index in [1.165, 1.54) is 0 Å². The molecule has 90 valence electrons. The lowest BCUT2D eigenvalue weighted by Gasteiger charge is -2.16. The molecule has 0 saturated carbocycles. The fourth-order valence-electron chi connectivity index (χ4n) is 1.90. The molecule has 1 aliphatic heterocycles. The van der Waals surface area contributed by atoms with Crippen molar-refractivity contribution in [2.45, 2.75) is 6.42 Å². The molecule has 1 aromatic rings. The molecule has 4 heteroatoms. The molecule has 2 rings (SSSR count). The highest BCUT2D eigenvalue weighted by atomic mass is 19.3. The van der Waals surface area contributed by atoms with E-state index in [2.05, 4.69) is 0 Å². The number of nitrogens with two attached hydrogens (primary N) is 1. The van der Waals surface area contributed by atoms with Gasteiger partial charge >= 0.3 is 0 Å². The van der Waals surface area contributed by atoms with Crippen LogP contribution in [-0.4, -0.2) is 13.2 Å². The van der Waals surface area contributed by atoms with E-state index < -0.39 is 6.08 Å². The van der Waals surface area contributed by atoms with Gasteiger partial charge in [-0.2, -0.15) is 8.78 Å². The van der Waals surface area contributed by atoms with E-state index in [0.717, 1.165) is 23.6 Å². The lowest BCUT2D eigenvalue weighted by Crippen LogP contribution is -2.05. The van der Waals surface area contributed by atoms with Crippen molar-refractivity contribution in [2.24, 2.45) is 0 Å². The van der Waals surface area contributed by atoms with Crippen LogP contribution in [0.2, 0.25) is 0 Å². The molecular formula is C13H13F2NO. The first kappa shape index (κ1) is 11.8. The molecule has 1 aliphatic rings. The molecule has 0 bridgehead atoms. The molecular weight excluding hydrogens is 224 g/mol. The van der Waals surface area contributed by atoms with E-state index >= 15 is 0 Å². The van der Waals surface area contributed by atoms with E-state index in [-0.39, 0.29) is 0 Å². The molecule has 0 fully saturated rings. The average molecular weight is 237 g/mol. The van der Waals surface area contributed by atoms with Crippen molar-refractivity contribution in [3.05, 3.63) is 41.5 Å². The van der Waals surface area contributed by atoms with Crippen LogP contribution in [0, 0.1) is 0 Å². The Morgan fingerprint density at radius 3 is 2.82 bits per heavy atom. The second-order valence-electron chi connectivity index (χ2n) is 3.80. The van der Waals surface area contributed by atoms with Crippen molar-refractivity contribution in [1.29, 1.82) is 0 Å². The van der Waals surface area contributed by atoms with E-state index in [4.69, 9.17) is 10.5 Å². The van der Waals surface area contributed by atoms with Gasteiger partial charge in [-0.15, -0.1) is 0 Å². The SMILES string of the molecule is Nc1cccc(C2=CCOCC2)c1C=C(F)F. The Kier molecular flexibility index (Phi) is 3.54. The standard InChI is InChI=1S/C13H13F2NO/c14-13(15)8-11-10(2-1-3-12(11)16)9-4-6-17-7-5-9/h1-4,8H,5-7,16H2. The molecule has 2 N–H and O–H groups in total. The lowest BCUT2D eigenvalue weighted by atomic mass is 9.95. The maximum Gasteiger partial charge on any atom is 0.270 e. The zero-order chi connectivity index (χ0) is 12.3. The first-order valence-electron chi connectivity index (χ1n) is 5.37. The summed E-state index contributed by atoms with van der Waals surface area (Å²) >= 11 is 0. The first-order chi connectivity index (χ1) is 8.18. The summed E-state index contributed by atoms with van der Waals surface area (Å²) in [4.78, 5) is 0. The second-order valence-corrected chi connectivity index (χ2v) is 3.80. The number of hydrogen-bond acceptors (Lipinski definition) is 2. The molecule has 0 aromatic heterocycles. The summed E-state index contributed by atoms with van der Waals surface area (Å²) in [5, 5.41) is 0. The van der Waals surface area contributed by atoms with Gasteiger partial charge in [-0.3, -0.25) is 0 Å². The van der Waals surface area contributed by atoms with Crippen LogP contribution in [0.5, 0.6) is 0 Å². The molecule has 0 unspecified atom stereocenters. The van der Waals surface area contributed by atoms with Crippen LogP contribution in [0.1, 0.15) is 17.5 Å². The van der Waals surface area contributed by atoms with Crippen LogP contribution in [0.25, 0.3) is 11.6 Å². The van der Waals surface area contributed by atoms with Crippen LogP contribution in [0.4, 0.5) is 14.5 Å². The second kappa shape index (κ2) is 5.10. The molecule has 0 atom stereocenters. The minimum absolute atomic E-state index is 0.364. The Bertz CT molecular complexity index is 476. The molecule has 0 amide bonds. The predicted octanol–water partition coefficient (Wildman–Crippen LogP) is 3.31. The summed E-state index contributed by atoms with van der Waals surface area (Å²) in [7, 11) is 0. The van der Waals surface area contributed by atoms with Crippen LogP contribution < -0.4 is 5.73 Å². The summed E-state index contributed by atoms with van der Waals surface area (Å²) in [5.41, 5.74) is 8.27. The number of anilines is 1. The Hall–Kier alpha value is -1.68. The zero-order valence-corrected chi connectivity index (χ0v) is 9.25. The third-order valence-corrected chi connectivity index (χ3v) is 2.70. The molecule has 1 aromatic carbocycles. The minimum atomic E-state index is -1.74. The van der Waals surface area contributed by atoms with E-state index in [1.54, 1.807) is 12.1 Å². The normalized spacial score (nSPS) is 15.3. The maximum absolute atomic E-state index is 12.4. The van der Waals surface area contributed by atoms with Crippen LogP contribution in [-0.2, 0) is 4.74 Å². The van der Waals surface area contributed by atoms with Gasteiger partial charge in [-0.25, -0.2) is 0 Å². The van der Waals surface area contributed by atoms with Gasteiger partial charge in [-0.05, 0) is 23.6 Å². The predicted molar refractivity (Wildman–Crippen MR) is 64.5 cm³/mol. The fourth-order valence-corrected chi connectivity index (χ4v) is 1.90.